The number of urea groups is 1. The number of anilines is 1. The highest BCUT2D eigenvalue weighted by atomic mass is 16.5. The van der Waals surface area contributed by atoms with Gasteiger partial charge in [0.1, 0.15) is 0 Å². The van der Waals surface area contributed by atoms with Crippen molar-refractivity contribution in [3.63, 3.8) is 0 Å². The Morgan fingerprint density at radius 1 is 1.06 bits per heavy atom. The lowest BCUT2D eigenvalue weighted by Crippen LogP contribution is -2.36. The smallest absolute Gasteiger partial charge is 0.337 e. The monoisotopic (exact) mass is 236 g/mol. The second-order valence-electron chi connectivity index (χ2n) is 3.77. The third-order valence-electron chi connectivity index (χ3n) is 2.35. The van der Waals surface area contributed by atoms with E-state index in [1.807, 2.05) is 0 Å². The molecule has 0 spiro atoms. The lowest BCUT2D eigenvalue weighted by molar-refractivity contribution is 0.0601. The van der Waals surface area contributed by atoms with Crippen LogP contribution in [0, 0.1) is 0 Å². The van der Waals surface area contributed by atoms with Crippen molar-refractivity contribution in [3.8, 4) is 0 Å². The molecular formula is C12H16N2O3. The van der Waals surface area contributed by atoms with Gasteiger partial charge in [-0.1, -0.05) is 0 Å². The molecule has 1 rings (SSSR count). The van der Waals surface area contributed by atoms with Gasteiger partial charge in [0, 0.05) is 26.8 Å². The summed E-state index contributed by atoms with van der Waals surface area (Å²) in [5, 5.41) is 0. The molecule has 92 valence electrons. The maximum Gasteiger partial charge on any atom is 0.337 e. The molecule has 1 aromatic carbocycles. The zero-order valence-electron chi connectivity index (χ0n) is 10.4. The summed E-state index contributed by atoms with van der Waals surface area (Å²) in [4.78, 5) is 25.9. The van der Waals surface area contributed by atoms with Crippen LogP contribution >= 0.6 is 0 Å². The number of nitrogens with zero attached hydrogens (tertiary/aromatic N) is 2. The molecule has 0 aliphatic rings. The number of ether oxygens (including phenoxy) is 1. The first-order valence-corrected chi connectivity index (χ1v) is 5.10. The molecule has 0 saturated heterocycles. The number of amides is 2. The molecule has 0 N–H and O–H groups in total. The normalized spacial score (nSPS) is 9.65. The molecule has 17 heavy (non-hydrogen) atoms. The number of carbonyl (C=O) groups excluding carboxylic acids is 2. The molecule has 0 atom stereocenters. The first-order chi connectivity index (χ1) is 7.97. The highest BCUT2D eigenvalue weighted by Crippen LogP contribution is 2.15. The van der Waals surface area contributed by atoms with E-state index in [1.165, 1.54) is 16.9 Å². The van der Waals surface area contributed by atoms with E-state index in [1.54, 1.807) is 45.4 Å². The highest BCUT2D eigenvalue weighted by Gasteiger charge is 2.13. The van der Waals surface area contributed by atoms with Gasteiger partial charge in [-0.15, -0.1) is 0 Å². The van der Waals surface area contributed by atoms with E-state index in [2.05, 4.69) is 4.74 Å². The van der Waals surface area contributed by atoms with Gasteiger partial charge in [0.25, 0.3) is 0 Å². The number of hydrogen-bond acceptors (Lipinski definition) is 3. The maximum atomic E-state index is 11.7. The van der Waals surface area contributed by atoms with E-state index < -0.39 is 5.97 Å². The molecule has 0 fully saturated rings. The minimum Gasteiger partial charge on any atom is -0.465 e. The van der Waals surface area contributed by atoms with Gasteiger partial charge >= 0.3 is 12.0 Å². The van der Waals surface area contributed by atoms with E-state index >= 15 is 0 Å². The van der Waals surface area contributed by atoms with Gasteiger partial charge < -0.3 is 9.64 Å². The summed E-state index contributed by atoms with van der Waals surface area (Å²) < 4.78 is 4.59. The molecule has 0 saturated carbocycles. The Bertz CT molecular complexity index is 412. The molecule has 0 radical (unpaired) electrons. The van der Waals surface area contributed by atoms with Crippen LogP contribution in [0.1, 0.15) is 10.4 Å². The summed E-state index contributed by atoms with van der Waals surface area (Å²) >= 11 is 0. The predicted octanol–water partition coefficient (Wildman–Crippen LogP) is 1.59. The minimum atomic E-state index is -0.391. The molecule has 0 aromatic heterocycles. The van der Waals surface area contributed by atoms with E-state index in [4.69, 9.17) is 0 Å². The Morgan fingerprint density at radius 2 is 1.59 bits per heavy atom. The zero-order valence-corrected chi connectivity index (χ0v) is 10.4. The third-order valence-corrected chi connectivity index (χ3v) is 2.35. The topological polar surface area (TPSA) is 49.9 Å². The average molecular weight is 236 g/mol. The first kappa shape index (κ1) is 13.0. The molecule has 0 unspecified atom stereocenters. The lowest BCUT2D eigenvalue weighted by atomic mass is 10.2. The fourth-order valence-corrected chi connectivity index (χ4v) is 1.35. The molecule has 5 heteroatoms. The summed E-state index contributed by atoms with van der Waals surface area (Å²) in [5.74, 6) is -0.391. The first-order valence-electron chi connectivity index (χ1n) is 5.10. The zero-order chi connectivity index (χ0) is 13.0. The van der Waals surface area contributed by atoms with E-state index in [9.17, 15) is 9.59 Å². The molecule has 0 bridgehead atoms. The summed E-state index contributed by atoms with van der Waals surface area (Å²) in [6, 6.07) is 6.53. The van der Waals surface area contributed by atoms with Gasteiger partial charge in [0.05, 0.1) is 12.7 Å². The lowest BCUT2D eigenvalue weighted by Gasteiger charge is -2.21. The van der Waals surface area contributed by atoms with E-state index in [0.29, 0.717) is 5.56 Å². The molecule has 2 amide bonds. The minimum absolute atomic E-state index is 0.129. The van der Waals surface area contributed by atoms with Crippen molar-refractivity contribution < 1.29 is 14.3 Å². The van der Waals surface area contributed by atoms with Crippen LogP contribution in [0.5, 0.6) is 0 Å². The van der Waals surface area contributed by atoms with Crippen molar-refractivity contribution in [1.82, 2.24) is 4.90 Å². The molecular weight excluding hydrogens is 220 g/mol. The number of rotatable bonds is 2. The standard InChI is InChI=1S/C12H16N2O3/c1-13(2)12(16)14(3)10-7-5-9(6-8-10)11(15)17-4/h5-8H,1-4H3. The quantitative estimate of drug-likeness (QED) is 0.733. The van der Waals surface area contributed by atoms with Crippen LogP contribution in [0.25, 0.3) is 0 Å². The van der Waals surface area contributed by atoms with Crippen LogP contribution in [0.4, 0.5) is 10.5 Å². The predicted molar refractivity (Wildman–Crippen MR) is 65.3 cm³/mol. The highest BCUT2D eigenvalue weighted by molar-refractivity contribution is 5.93. The van der Waals surface area contributed by atoms with Gasteiger partial charge in [-0.25, -0.2) is 9.59 Å². The average Bonchev–Trinajstić information content (AvgIpc) is 2.36. The van der Waals surface area contributed by atoms with Crippen molar-refractivity contribution in [3.05, 3.63) is 29.8 Å². The molecule has 0 aliphatic heterocycles. The largest absolute Gasteiger partial charge is 0.465 e. The van der Waals surface area contributed by atoms with Gasteiger partial charge in [-0.2, -0.15) is 0 Å². The number of benzene rings is 1. The van der Waals surface area contributed by atoms with Crippen LogP contribution in [0.3, 0.4) is 0 Å². The Kier molecular flexibility index (Phi) is 4.09. The second-order valence-corrected chi connectivity index (χ2v) is 3.77. The van der Waals surface area contributed by atoms with Crippen LogP contribution in [0.2, 0.25) is 0 Å². The summed E-state index contributed by atoms with van der Waals surface area (Å²) in [6.45, 7) is 0. The van der Waals surface area contributed by atoms with Gasteiger partial charge in [-0.05, 0) is 24.3 Å². The Hall–Kier alpha value is -2.04. The van der Waals surface area contributed by atoms with Gasteiger partial charge in [0.2, 0.25) is 0 Å². The summed E-state index contributed by atoms with van der Waals surface area (Å²) in [7, 11) is 6.37. The maximum absolute atomic E-state index is 11.7. The fraction of sp³-hybridized carbons (Fsp3) is 0.333. The number of hydrogen-bond donors (Lipinski definition) is 0. The number of carbonyl (C=O) groups is 2. The molecule has 0 aliphatic carbocycles. The summed E-state index contributed by atoms with van der Waals surface area (Å²) in [6.07, 6.45) is 0. The summed E-state index contributed by atoms with van der Waals surface area (Å²) in [5.41, 5.74) is 1.18. The number of esters is 1. The van der Waals surface area contributed by atoms with Crippen molar-refractivity contribution in [2.75, 3.05) is 33.2 Å². The van der Waals surface area contributed by atoms with Crippen molar-refractivity contribution in [2.24, 2.45) is 0 Å². The second kappa shape index (κ2) is 5.34. The van der Waals surface area contributed by atoms with E-state index in [-0.39, 0.29) is 6.03 Å². The Morgan fingerprint density at radius 3 is 2.00 bits per heavy atom. The van der Waals surface area contributed by atoms with E-state index in [0.717, 1.165) is 5.69 Å². The molecule has 5 nitrogen and oxygen atoms in total. The Balaban J connectivity index is 2.87. The van der Waals surface area contributed by atoms with Crippen molar-refractivity contribution >= 4 is 17.7 Å². The fourth-order valence-electron chi connectivity index (χ4n) is 1.35. The Labute approximate surface area is 101 Å². The van der Waals surface area contributed by atoms with Crippen LogP contribution in [-0.4, -0.2) is 45.2 Å². The SMILES string of the molecule is COC(=O)c1ccc(N(C)C(=O)N(C)C)cc1. The van der Waals surface area contributed by atoms with Crippen LogP contribution in [0.15, 0.2) is 24.3 Å². The molecule has 1 aromatic rings. The van der Waals surface area contributed by atoms with Crippen LogP contribution < -0.4 is 4.90 Å². The van der Waals surface area contributed by atoms with Crippen molar-refractivity contribution in [1.29, 1.82) is 0 Å². The number of methoxy groups -OCH3 is 1. The van der Waals surface area contributed by atoms with Crippen molar-refractivity contribution in [2.45, 2.75) is 0 Å². The molecule has 0 heterocycles. The van der Waals surface area contributed by atoms with Gasteiger partial charge in [0.15, 0.2) is 0 Å². The van der Waals surface area contributed by atoms with Crippen LogP contribution in [-0.2, 0) is 4.74 Å². The third kappa shape index (κ3) is 2.96. The van der Waals surface area contributed by atoms with Gasteiger partial charge in [-0.3, -0.25) is 4.90 Å².